The number of hydrogen-bond donors (Lipinski definition) is 1. The van der Waals surface area contributed by atoms with Gasteiger partial charge in [0.25, 0.3) is 0 Å². The highest BCUT2D eigenvalue weighted by Gasteiger charge is 2.16. The molecule has 0 saturated heterocycles. The zero-order chi connectivity index (χ0) is 11.8. The lowest BCUT2D eigenvalue weighted by Crippen LogP contribution is -2.12. The number of rotatable bonds is 1. The topological polar surface area (TPSA) is 34.1 Å². The summed E-state index contributed by atoms with van der Waals surface area (Å²) < 4.78 is 22.1. The molecule has 84 valence electrons. The molecule has 0 bridgehead atoms. The average Bonchev–Trinajstić information content (AvgIpc) is 1.99. The van der Waals surface area contributed by atoms with Crippen LogP contribution in [0.4, 0.5) is 0 Å². The van der Waals surface area contributed by atoms with Crippen LogP contribution in [0.2, 0.25) is 0 Å². The average molecular weight is 226 g/mol. The predicted octanol–water partition coefficient (Wildman–Crippen LogP) is 2.57. The van der Waals surface area contributed by atoms with Gasteiger partial charge < -0.3 is 0 Å². The third kappa shape index (κ3) is 2.59. The molecular weight excluding hydrogens is 208 g/mol. The Hall–Kier alpha value is -0.830. The fraction of sp³-hybridized carbons (Fsp3) is 0.500. The molecule has 0 aliphatic rings. The van der Waals surface area contributed by atoms with Crippen LogP contribution in [0.15, 0.2) is 17.0 Å². The van der Waals surface area contributed by atoms with Gasteiger partial charge in [0, 0.05) is 0 Å². The third-order valence-electron chi connectivity index (χ3n) is 2.54. The molecule has 15 heavy (non-hydrogen) atoms. The Kier molecular flexibility index (Phi) is 3.24. The summed E-state index contributed by atoms with van der Waals surface area (Å²) in [7, 11) is -2.49. The van der Waals surface area contributed by atoms with Gasteiger partial charge in [0.2, 0.25) is 0 Å². The fourth-order valence-corrected chi connectivity index (χ4v) is 2.38. The Morgan fingerprint density at radius 1 is 1.00 bits per heavy atom. The minimum Gasteiger partial charge on any atom is -0.227 e. The van der Waals surface area contributed by atoms with Crippen LogP contribution in [0.25, 0.3) is 0 Å². The molecule has 0 heterocycles. The van der Waals surface area contributed by atoms with Crippen LogP contribution in [0, 0.1) is 13.8 Å². The van der Waals surface area contributed by atoms with Crippen molar-refractivity contribution in [2.24, 2.45) is 0 Å². The molecule has 0 spiro atoms. The Morgan fingerprint density at radius 2 is 1.40 bits per heavy atom. The second-order valence-corrected chi connectivity index (χ2v) is 5.93. The van der Waals surface area contributed by atoms with Crippen LogP contribution in [0.1, 0.15) is 37.5 Å². The van der Waals surface area contributed by atoms with E-state index >= 15 is 0 Å². The molecule has 0 fully saturated rings. The largest absolute Gasteiger partial charge is 0.227 e. The second-order valence-electron chi connectivity index (χ2n) is 4.97. The molecule has 3 heteroatoms. The van der Waals surface area contributed by atoms with E-state index in [1.807, 2.05) is 26.0 Å². The molecule has 0 amide bonds. The third-order valence-corrected chi connectivity index (χ3v) is 3.61. The minimum atomic E-state index is -2.49. The summed E-state index contributed by atoms with van der Waals surface area (Å²) in [6.45, 7) is 10.1. The lowest BCUT2D eigenvalue weighted by atomic mass is 9.85. The van der Waals surface area contributed by atoms with Crippen molar-refractivity contribution in [3.63, 3.8) is 0 Å². The van der Waals surface area contributed by atoms with E-state index < -0.39 is 10.7 Å². The molecule has 1 aromatic carbocycles. The van der Waals surface area contributed by atoms with Gasteiger partial charge in [-0.1, -0.05) is 32.9 Å². The summed E-state index contributed by atoms with van der Waals surface area (Å²) in [5.74, 6) is 0. The first-order valence-electron chi connectivity index (χ1n) is 4.99. The van der Waals surface area contributed by atoms with Crippen molar-refractivity contribution in [1.82, 2.24) is 0 Å². The van der Waals surface area contributed by atoms with Crippen molar-refractivity contribution in [2.75, 3.05) is 0 Å². The van der Waals surface area contributed by atoms with Gasteiger partial charge in [-0.3, -0.25) is 0 Å². The zero-order valence-corrected chi connectivity index (χ0v) is 10.8. The molecule has 0 aliphatic carbocycles. The lowest BCUT2D eigenvalue weighted by molar-refractivity contribution is 0.586. The van der Waals surface area contributed by atoms with Crippen molar-refractivity contribution >= 4 is 10.7 Å². The molecule has 2 nitrogen and oxygen atoms in total. The smallest absolute Gasteiger partial charge is 0.168 e. The quantitative estimate of drug-likeness (QED) is 0.747. The highest BCUT2D eigenvalue weighted by molar-refractivity contribution is 7.72. The Morgan fingerprint density at radius 3 is 1.67 bits per heavy atom. The first kappa shape index (κ1) is 12.2. The lowest BCUT2D eigenvalue weighted by Gasteiger charge is -2.21. The van der Waals surface area contributed by atoms with Gasteiger partial charge in [-0.15, -0.1) is 0 Å². The molecule has 0 N–H and O–H groups in total. The van der Waals surface area contributed by atoms with Gasteiger partial charge in [-0.2, -0.15) is 0 Å². The van der Waals surface area contributed by atoms with Crippen LogP contribution in [0.5, 0.6) is 0 Å². The van der Waals surface area contributed by atoms with Gasteiger partial charge in [0.1, 0.15) is 0 Å². The SMILES string of the molecule is Cc1cc(C(C)(C)C)cc(C)c1[SH](=O)=O. The maximum absolute atomic E-state index is 11.0. The monoisotopic (exact) mass is 226 g/mol. The fourth-order valence-electron chi connectivity index (χ4n) is 1.68. The molecule has 0 saturated carbocycles. The van der Waals surface area contributed by atoms with E-state index in [-0.39, 0.29) is 5.41 Å². The molecule has 1 rings (SSSR count). The molecule has 0 atom stereocenters. The van der Waals surface area contributed by atoms with Crippen molar-refractivity contribution in [3.8, 4) is 0 Å². The van der Waals surface area contributed by atoms with E-state index in [0.717, 1.165) is 11.1 Å². The zero-order valence-electron chi connectivity index (χ0n) is 9.92. The van der Waals surface area contributed by atoms with E-state index in [0.29, 0.717) is 4.90 Å². The van der Waals surface area contributed by atoms with E-state index in [2.05, 4.69) is 20.8 Å². The first-order chi connectivity index (χ1) is 6.73. The van der Waals surface area contributed by atoms with Crippen LogP contribution < -0.4 is 0 Å². The summed E-state index contributed by atoms with van der Waals surface area (Å²) in [5, 5.41) is 0. The van der Waals surface area contributed by atoms with Crippen molar-refractivity contribution in [2.45, 2.75) is 44.9 Å². The Balaban J connectivity index is 3.45. The summed E-state index contributed by atoms with van der Waals surface area (Å²) >= 11 is 0. The predicted molar refractivity (Wildman–Crippen MR) is 63.2 cm³/mol. The summed E-state index contributed by atoms with van der Waals surface area (Å²) in [6, 6.07) is 3.93. The summed E-state index contributed by atoms with van der Waals surface area (Å²) in [6.07, 6.45) is 0. The van der Waals surface area contributed by atoms with E-state index in [9.17, 15) is 8.42 Å². The minimum absolute atomic E-state index is 0.0581. The molecule has 0 radical (unpaired) electrons. The molecule has 0 unspecified atom stereocenters. The molecule has 0 aromatic heterocycles. The first-order valence-corrected chi connectivity index (χ1v) is 6.17. The van der Waals surface area contributed by atoms with Gasteiger partial charge in [-0.25, -0.2) is 8.42 Å². The molecule has 1 aromatic rings. The van der Waals surface area contributed by atoms with Crippen molar-refractivity contribution in [1.29, 1.82) is 0 Å². The Labute approximate surface area is 93.3 Å². The van der Waals surface area contributed by atoms with E-state index in [1.54, 1.807) is 0 Å². The van der Waals surface area contributed by atoms with Crippen LogP contribution in [-0.4, -0.2) is 8.42 Å². The van der Waals surface area contributed by atoms with Crippen LogP contribution >= 0.6 is 0 Å². The van der Waals surface area contributed by atoms with Gasteiger partial charge in [0.15, 0.2) is 10.7 Å². The normalized spacial score (nSPS) is 12.1. The maximum Gasteiger partial charge on any atom is 0.168 e. The van der Waals surface area contributed by atoms with Crippen molar-refractivity contribution in [3.05, 3.63) is 28.8 Å². The van der Waals surface area contributed by atoms with Crippen molar-refractivity contribution < 1.29 is 8.42 Å². The second kappa shape index (κ2) is 3.97. The van der Waals surface area contributed by atoms with Gasteiger partial charge in [-0.05, 0) is 36.0 Å². The van der Waals surface area contributed by atoms with Crippen LogP contribution in [-0.2, 0) is 16.1 Å². The number of hydrogen-bond acceptors (Lipinski definition) is 2. The molecule has 0 aliphatic heterocycles. The highest BCUT2D eigenvalue weighted by atomic mass is 32.2. The highest BCUT2D eigenvalue weighted by Crippen LogP contribution is 2.27. The molecular formula is C12H18O2S. The standard InChI is InChI=1S/C12H18O2S/c1-8-6-10(12(3,4)5)7-9(2)11(8)15(13)14/h6-7,15H,1-5H3. The van der Waals surface area contributed by atoms with Crippen LogP contribution in [0.3, 0.4) is 0 Å². The van der Waals surface area contributed by atoms with E-state index in [4.69, 9.17) is 0 Å². The van der Waals surface area contributed by atoms with Gasteiger partial charge >= 0.3 is 0 Å². The Bertz CT molecular complexity index is 420. The maximum atomic E-state index is 11.0. The number of aryl methyl sites for hydroxylation is 2. The van der Waals surface area contributed by atoms with E-state index in [1.165, 1.54) is 5.56 Å². The summed E-state index contributed by atoms with van der Waals surface area (Å²) in [5.41, 5.74) is 2.92. The number of benzene rings is 1. The number of thiol groups is 1. The summed E-state index contributed by atoms with van der Waals surface area (Å²) in [4.78, 5) is 0.470. The van der Waals surface area contributed by atoms with Gasteiger partial charge in [0.05, 0.1) is 4.90 Å².